The number of para-hydroxylation sites is 1. The number of hydrogen-bond acceptors (Lipinski definition) is 4. The highest BCUT2D eigenvalue weighted by Gasteiger charge is 2.37. The van der Waals surface area contributed by atoms with Crippen LogP contribution >= 0.6 is 0 Å². The Bertz CT molecular complexity index is 1170. The molecule has 8 heteroatoms. The fourth-order valence-corrected chi connectivity index (χ4v) is 8.07. The Kier molecular flexibility index (Phi) is 4.90. The molecule has 1 saturated heterocycles. The number of fused-ring (bicyclic) bond motifs is 1. The number of rotatable bonds is 3. The molecule has 2 aliphatic heterocycles. The molecule has 0 aromatic heterocycles. The van der Waals surface area contributed by atoms with Crippen LogP contribution in [0.4, 0.5) is 11.4 Å². The molecule has 2 aliphatic rings. The molecular formula is C21H26N2O4S2. The van der Waals surface area contributed by atoms with Crippen LogP contribution in [0, 0.1) is 13.8 Å². The van der Waals surface area contributed by atoms with Crippen molar-refractivity contribution in [3.05, 3.63) is 53.1 Å². The van der Waals surface area contributed by atoms with Crippen LogP contribution in [0.15, 0.2) is 41.3 Å². The lowest BCUT2D eigenvalue weighted by Gasteiger charge is -2.31. The Morgan fingerprint density at radius 3 is 2.45 bits per heavy atom. The van der Waals surface area contributed by atoms with Gasteiger partial charge in [0.15, 0.2) is 0 Å². The summed E-state index contributed by atoms with van der Waals surface area (Å²) in [6.45, 7) is 5.86. The third kappa shape index (κ3) is 3.32. The Labute approximate surface area is 173 Å². The summed E-state index contributed by atoms with van der Waals surface area (Å²) in [5.41, 5.74) is 3.53. The zero-order valence-electron chi connectivity index (χ0n) is 16.9. The van der Waals surface area contributed by atoms with Crippen molar-refractivity contribution in [3.63, 3.8) is 0 Å². The highest BCUT2D eigenvalue weighted by Crippen LogP contribution is 2.39. The van der Waals surface area contributed by atoms with E-state index in [9.17, 15) is 16.8 Å². The lowest BCUT2D eigenvalue weighted by molar-refractivity contribution is 0.574. The highest BCUT2D eigenvalue weighted by molar-refractivity contribution is 7.93. The van der Waals surface area contributed by atoms with Crippen LogP contribution in [0.25, 0.3) is 0 Å². The summed E-state index contributed by atoms with van der Waals surface area (Å²) in [7, 11) is -7.12. The first-order valence-corrected chi connectivity index (χ1v) is 12.9. The molecule has 0 aliphatic carbocycles. The summed E-state index contributed by atoms with van der Waals surface area (Å²) in [6.07, 6.45) is 2.15. The minimum atomic E-state index is -3.77. The average molecular weight is 435 g/mol. The topological polar surface area (TPSA) is 74.8 Å². The summed E-state index contributed by atoms with van der Waals surface area (Å²) < 4.78 is 55.1. The first kappa shape index (κ1) is 20.2. The zero-order chi connectivity index (χ0) is 21.0. The molecule has 1 atom stereocenters. The summed E-state index contributed by atoms with van der Waals surface area (Å²) >= 11 is 0. The number of aryl methyl sites for hydroxylation is 2. The molecule has 1 unspecified atom stereocenters. The van der Waals surface area contributed by atoms with Gasteiger partial charge in [-0.05, 0) is 74.9 Å². The minimum absolute atomic E-state index is 0.133. The molecule has 0 saturated carbocycles. The van der Waals surface area contributed by atoms with E-state index in [1.54, 1.807) is 26.0 Å². The molecule has 6 nitrogen and oxygen atoms in total. The van der Waals surface area contributed by atoms with Gasteiger partial charge in [-0.25, -0.2) is 16.8 Å². The largest absolute Gasteiger partial charge is 0.270 e. The Morgan fingerprint density at radius 2 is 1.72 bits per heavy atom. The van der Waals surface area contributed by atoms with Crippen molar-refractivity contribution in [3.8, 4) is 0 Å². The van der Waals surface area contributed by atoms with Gasteiger partial charge in [0.25, 0.3) is 10.0 Å². The quantitative estimate of drug-likeness (QED) is 0.742. The van der Waals surface area contributed by atoms with E-state index in [4.69, 9.17) is 0 Å². The molecule has 0 N–H and O–H groups in total. The van der Waals surface area contributed by atoms with Crippen LogP contribution in [-0.2, 0) is 26.5 Å². The first-order chi connectivity index (χ1) is 13.6. The van der Waals surface area contributed by atoms with Gasteiger partial charge in [0.05, 0.1) is 22.0 Å². The molecule has 29 heavy (non-hydrogen) atoms. The first-order valence-electron chi connectivity index (χ1n) is 9.87. The van der Waals surface area contributed by atoms with Gasteiger partial charge in [-0.3, -0.25) is 8.61 Å². The van der Waals surface area contributed by atoms with Crippen molar-refractivity contribution in [2.75, 3.05) is 20.9 Å². The highest BCUT2D eigenvalue weighted by atomic mass is 32.2. The fourth-order valence-electron chi connectivity index (χ4n) is 4.39. The van der Waals surface area contributed by atoms with E-state index in [2.05, 4.69) is 0 Å². The molecule has 0 amide bonds. The second kappa shape index (κ2) is 7.02. The fraction of sp³-hybridized carbons (Fsp3) is 0.429. The molecule has 0 spiro atoms. The molecular weight excluding hydrogens is 408 g/mol. The summed E-state index contributed by atoms with van der Waals surface area (Å²) in [5.74, 6) is 0.133. The predicted octanol–water partition coefficient (Wildman–Crippen LogP) is 3.37. The van der Waals surface area contributed by atoms with Gasteiger partial charge in [0.1, 0.15) is 0 Å². The molecule has 156 valence electrons. The van der Waals surface area contributed by atoms with Gasteiger partial charge in [-0.15, -0.1) is 0 Å². The van der Waals surface area contributed by atoms with Gasteiger partial charge in [0, 0.05) is 12.6 Å². The van der Waals surface area contributed by atoms with Crippen molar-refractivity contribution in [2.45, 2.75) is 51.0 Å². The van der Waals surface area contributed by atoms with Crippen LogP contribution in [0.3, 0.4) is 0 Å². The molecule has 2 aromatic rings. The van der Waals surface area contributed by atoms with Crippen LogP contribution in [0.1, 0.15) is 36.5 Å². The summed E-state index contributed by atoms with van der Waals surface area (Å²) in [4.78, 5) is 0.233. The van der Waals surface area contributed by atoms with Gasteiger partial charge in [-0.2, -0.15) is 0 Å². The van der Waals surface area contributed by atoms with Crippen molar-refractivity contribution >= 4 is 31.4 Å². The normalized spacial score (nSPS) is 21.3. The Balaban J connectivity index is 1.79. The number of hydrogen-bond donors (Lipinski definition) is 0. The van der Waals surface area contributed by atoms with E-state index < -0.39 is 20.0 Å². The monoisotopic (exact) mass is 434 g/mol. The maximum Gasteiger partial charge on any atom is 0.264 e. The number of sulfonamides is 2. The molecule has 2 heterocycles. The van der Waals surface area contributed by atoms with Gasteiger partial charge in [0.2, 0.25) is 10.0 Å². The second-order valence-corrected chi connectivity index (χ2v) is 11.8. The van der Waals surface area contributed by atoms with Crippen molar-refractivity contribution in [1.82, 2.24) is 0 Å². The molecule has 2 aromatic carbocycles. The van der Waals surface area contributed by atoms with E-state index in [1.165, 1.54) is 8.61 Å². The molecule has 0 radical (unpaired) electrons. The lowest BCUT2D eigenvalue weighted by Crippen LogP contribution is -2.39. The minimum Gasteiger partial charge on any atom is -0.270 e. The Morgan fingerprint density at radius 1 is 1.00 bits per heavy atom. The van der Waals surface area contributed by atoms with Gasteiger partial charge in [-0.1, -0.05) is 18.2 Å². The van der Waals surface area contributed by atoms with E-state index in [0.717, 1.165) is 17.7 Å². The SMILES string of the molecule is Cc1cc(S(=O)(=O)N2c3ccccc3CC2C)c(C)cc1N1CCCCS1(=O)=O. The molecule has 0 bridgehead atoms. The van der Waals surface area contributed by atoms with Crippen molar-refractivity contribution < 1.29 is 16.8 Å². The third-order valence-electron chi connectivity index (χ3n) is 5.79. The molecule has 4 rings (SSSR count). The smallest absolute Gasteiger partial charge is 0.264 e. The van der Waals surface area contributed by atoms with Crippen molar-refractivity contribution in [2.24, 2.45) is 0 Å². The van der Waals surface area contributed by atoms with Crippen LogP contribution in [-0.4, -0.2) is 35.2 Å². The van der Waals surface area contributed by atoms with E-state index in [0.29, 0.717) is 36.2 Å². The second-order valence-electron chi connectivity index (χ2n) is 7.98. The van der Waals surface area contributed by atoms with E-state index in [1.807, 2.05) is 31.2 Å². The van der Waals surface area contributed by atoms with Gasteiger partial charge < -0.3 is 0 Å². The van der Waals surface area contributed by atoms with Gasteiger partial charge >= 0.3 is 0 Å². The van der Waals surface area contributed by atoms with Crippen molar-refractivity contribution in [1.29, 1.82) is 0 Å². The lowest BCUT2D eigenvalue weighted by atomic mass is 10.1. The zero-order valence-corrected chi connectivity index (χ0v) is 18.6. The maximum atomic E-state index is 13.6. The summed E-state index contributed by atoms with van der Waals surface area (Å²) in [6, 6.07) is 10.7. The standard InChI is InChI=1S/C21H26N2O4S2/c1-15-13-21(16(2)12-20(15)22-10-6-7-11-28(22,24)25)29(26,27)23-17(3)14-18-8-4-5-9-19(18)23/h4-5,8-9,12-13,17H,6-7,10-11,14H2,1-3H3. The summed E-state index contributed by atoms with van der Waals surface area (Å²) in [5, 5.41) is 0. The Hall–Kier alpha value is -2.06. The van der Waals surface area contributed by atoms with E-state index in [-0.39, 0.29) is 16.7 Å². The average Bonchev–Trinajstić information content (AvgIpc) is 2.99. The maximum absolute atomic E-state index is 13.6. The van der Waals surface area contributed by atoms with Crippen LogP contribution in [0.2, 0.25) is 0 Å². The van der Waals surface area contributed by atoms with Crippen LogP contribution < -0.4 is 8.61 Å². The number of benzene rings is 2. The molecule has 1 fully saturated rings. The van der Waals surface area contributed by atoms with Crippen LogP contribution in [0.5, 0.6) is 0 Å². The van der Waals surface area contributed by atoms with E-state index >= 15 is 0 Å². The predicted molar refractivity (Wildman–Crippen MR) is 116 cm³/mol. The third-order valence-corrected chi connectivity index (χ3v) is 9.72. The number of anilines is 2. The number of nitrogens with zero attached hydrogens (tertiary/aromatic N) is 2.